The van der Waals surface area contributed by atoms with Gasteiger partial charge >= 0.3 is 0 Å². The van der Waals surface area contributed by atoms with Crippen molar-refractivity contribution in [2.45, 2.75) is 44.2 Å². The number of amides is 4. The van der Waals surface area contributed by atoms with E-state index in [1.165, 1.54) is 24.1 Å². The predicted octanol–water partition coefficient (Wildman–Crippen LogP) is 1.13. The normalized spacial score (nSPS) is 19.5. The van der Waals surface area contributed by atoms with Crippen LogP contribution in [0.15, 0.2) is 48.5 Å². The number of likely N-dealkylation sites (N-methyl/N-ethyl adjacent to an activating group) is 1. The van der Waals surface area contributed by atoms with Gasteiger partial charge in [0.1, 0.15) is 30.3 Å². The number of carbonyl (C=O) groups is 4. The molecule has 0 bridgehead atoms. The molecule has 2 aromatic rings. The minimum Gasteiger partial charge on any atom is -0.491 e. The van der Waals surface area contributed by atoms with Gasteiger partial charge in [0.05, 0.1) is 18.7 Å². The molecule has 0 radical (unpaired) electrons. The number of benzene rings is 2. The van der Waals surface area contributed by atoms with Crippen molar-refractivity contribution in [1.82, 2.24) is 20.9 Å². The maximum absolute atomic E-state index is 13.4. The number of halogens is 1. The summed E-state index contributed by atoms with van der Waals surface area (Å²) in [5.74, 6) is -2.21. The van der Waals surface area contributed by atoms with E-state index in [0.29, 0.717) is 0 Å². The van der Waals surface area contributed by atoms with Crippen LogP contribution < -0.4 is 20.7 Å². The van der Waals surface area contributed by atoms with E-state index < -0.39 is 47.7 Å². The van der Waals surface area contributed by atoms with Crippen LogP contribution in [-0.4, -0.2) is 79.1 Å². The number of aliphatic hydroxyl groups excluding tert-OH is 1. The first-order valence-corrected chi connectivity index (χ1v) is 12.7. The van der Waals surface area contributed by atoms with Gasteiger partial charge in [0.15, 0.2) is 0 Å². The average molecular weight is 543 g/mol. The van der Waals surface area contributed by atoms with E-state index in [1.54, 1.807) is 36.4 Å². The molecule has 39 heavy (non-hydrogen) atoms. The lowest BCUT2D eigenvalue weighted by Crippen LogP contribution is -2.51. The lowest BCUT2D eigenvalue weighted by molar-refractivity contribution is -0.137. The summed E-state index contributed by atoms with van der Waals surface area (Å²) in [6, 6.07) is 10.3. The Kier molecular flexibility index (Phi) is 10.00. The SMILES string of the molecule is CN1CCOc2ccccc2C(=O)N[C@H](C(=O)NCC(C)(C)c2ccc(F)cc2)CCC(=O)N[C@@H](CO)C1=O. The fraction of sp³-hybridized carbons (Fsp3) is 0.429. The minimum atomic E-state index is -1.15. The monoisotopic (exact) mass is 542 g/mol. The number of hydrogen-bond donors (Lipinski definition) is 4. The van der Waals surface area contributed by atoms with Gasteiger partial charge in [0, 0.05) is 25.4 Å². The average Bonchev–Trinajstić information content (AvgIpc) is 2.92. The third-order valence-electron chi connectivity index (χ3n) is 6.62. The number of fused-ring (bicyclic) bond motifs is 1. The molecule has 3 rings (SSSR count). The Morgan fingerprint density at radius 1 is 1.13 bits per heavy atom. The van der Waals surface area contributed by atoms with Crippen LogP contribution >= 0.6 is 0 Å². The Morgan fingerprint density at radius 3 is 2.51 bits per heavy atom. The molecule has 0 saturated carbocycles. The fourth-order valence-electron chi connectivity index (χ4n) is 4.12. The molecule has 1 aliphatic rings. The van der Waals surface area contributed by atoms with Crippen LogP contribution in [0.25, 0.3) is 0 Å². The largest absolute Gasteiger partial charge is 0.491 e. The highest BCUT2D eigenvalue weighted by Crippen LogP contribution is 2.23. The van der Waals surface area contributed by atoms with Gasteiger partial charge in [-0.15, -0.1) is 0 Å². The van der Waals surface area contributed by atoms with E-state index in [0.717, 1.165) is 5.56 Å². The molecular formula is C28H35FN4O6. The second-order valence-corrected chi connectivity index (χ2v) is 10.1. The Morgan fingerprint density at radius 2 is 1.82 bits per heavy atom. The molecule has 4 amide bonds. The first-order chi connectivity index (χ1) is 18.5. The highest BCUT2D eigenvalue weighted by molar-refractivity contribution is 5.99. The molecule has 0 fully saturated rings. The molecule has 2 atom stereocenters. The van der Waals surface area contributed by atoms with E-state index in [9.17, 15) is 28.7 Å². The molecule has 1 aliphatic heterocycles. The van der Waals surface area contributed by atoms with E-state index in [2.05, 4.69) is 16.0 Å². The van der Waals surface area contributed by atoms with Gasteiger partial charge in [0.2, 0.25) is 17.7 Å². The van der Waals surface area contributed by atoms with Gasteiger partial charge in [0.25, 0.3) is 5.91 Å². The Hall–Kier alpha value is -3.99. The third-order valence-corrected chi connectivity index (χ3v) is 6.62. The van der Waals surface area contributed by atoms with Crippen molar-refractivity contribution in [2.24, 2.45) is 0 Å². The first kappa shape index (κ1) is 29.6. The van der Waals surface area contributed by atoms with Crippen molar-refractivity contribution in [2.75, 3.05) is 33.4 Å². The Labute approximate surface area is 226 Å². The molecule has 0 aliphatic carbocycles. The highest BCUT2D eigenvalue weighted by Gasteiger charge is 2.29. The van der Waals surface area contributed by atoms with Gasteiger partial charge in [-0.05, 0) is 36.2 Å². The summed E-state index contributed by atoms with van der Waals surface area (Å²) >= 11 is 0. The third kappa shape index (κ3) is 8.00. The van der Waals surface area contributed by atoms with E-state index in [1.807, 2.05) is 13.8 Å². The minimum absolute atomic E-state index is 0.0566. The molecule has 0 aromatic heterocycles. The van der Waals surface area contributed by atoms with Crippen LogP contribution in [0.1, 0.15) is 42.6 Å². The standard InChI is InChI=1S/C28H35FN4O6/c1-28(2,18-8-10-19(29)11-9-18)17-30-26(37)21-12-13-24(35)31-22(16-34)27(38)33(3)14-15-39-23-7-5-4-6-20(23)25(36)32-21/h4-11,21-22,34H,12-17H2,1-3H3,(H,30,37)(H,31,35)(H,32,36)/t21-,22-/m0/s1. The number of nitrogens with one attached hydrogen (secondary N) is 3. The molecule has 11 heteroatoms. The zero-order chi connectivity index (χ0) is 28.6. The molecule has 1 heterocycles. The van der Waals surface area contributed by atoms with Crippen molar-refractivity contribution in [3.05, 3.63) is 65.5 Å². The van der Waals surface area contributed by atoms with Crippen molar-refractivity contribution < 1.29 is 33.4 Å². The lowest BCUT2D eigenvalue weighted by atomic mass is 9.84. The Bertz CT molecular complexity index is 1190. The van der Waals surface area contributed by atoms with E-state index in [-0.39, 0.29) is 49.7 Å². The topological polar surface area (TPSA) is 137 Å². The summed E-state index contributed by atoms with van der Waals surface area (Å²) in [5, 5.41) is 17.7. The summed E-state index contributed by atoms with van der Waals surface area (Å²) in [6.45, 7) is 3.57. The number of aliphatic hydroxyl groups is 1. The Balaban J connectivity index is 1.82. The molecule has 0 spiro atoms. The van der Waals surface area contributed by atoms with Crippen LogP contribution in [0.5, 0.6) is 5.75 Å². The summed E-state index contributed by atoms with van der Waals surface area (Å²) in [5.41, 5.74) is 0.458. The predicted molar refractivity (Wildman–Crippen MR) is 142 cm³/mol. The van der Waals surface area contributed by atoms with Gasteiger partial charge in [-0.1, -0.05) is 38.1 Å². The lowest BCUT2D eigenvalue weighted by Gasteiger charge is -2.27. The summed E-state index contributed by atoms with van der Waals surface area (Å²) in [4.78, 5) is 53.1. The summed E-state index contributed by atoms with van der Waals surface area (Å²) in [6.07, 6.45) is -0.253. The van der Waals surface area contributed by atoms with Crippen LogP contribution in [0.4, 0.5) is 4.39 Å². The fourth-order valence-corrected chi connectivity index (χ4v) is 4.12. The number of rotatable bonds is 5. The second kappa shape index (κ2) is 13.2. The van der Waals surface area contributed by atoms with Gasteiger partial charge < -0.3 is 30.7 Å². The smallest absolute Gasteiger partial charge is 0.255 e. The molecule has 4 N–H and O–H groups in total. The van der Waals surface area contributed by atoms with Crippen LogP contribution in [-0.2, 0) is 19.8 Å². The number of para-hydroxylation sites is 1. The highest BCUT2D eigenvalue weighted by atomic mass is 19.1. The van der Waals surface area contributed by atoms with E-state index >= 15 is 0 Å². The van der Waals surface area contributed by atoms with E-state index in [4.69, 9.17) is 4.74 Å². The molecule has 10 nitrogen and oxygen atoms in total. The first-order valence-electron chi connectivity index (χ1n) is 12.7. The number of hydrogen-bond acceptors (Lipinski definition) is 6. The van der Waals surface area contributed by atoms with Crippen molar-refractivity contribution in [3.63, 3.8) is 0 Å². The number of carbonyl (C=O) groups excluding carboxylic acids is 4. The molecule has 2 aromatic carbocycles. The number of nitrogens with zero attached hydrogens (tertiary/aromatic N) is 1. The molecule has 210 valence electrons. The van der Waals surface area contributed by atoms with Gasteiger partial charge in [-0.2, -0.15) is 0 Å². The second-order valence-electron chi connectivity index (χ2n) is 10.1. The summed E-state index contributed by atoms with van der Waals surface area (Å²) in [7, 11) is 1.52. The van der Waals surface area contributed by atoms with Crippen LogP contribution in [0.2, 0.25) is 0 Å². The van der Waals surface area contributed by atoms with Gasteiger partial charge in [-0.25, -0.2) is 4.39 Å². The number of ether oxygens (including phenoxy) is 1. The van der Waals surface area contributed by atoms with Gasteiger partial charge in [-0.3, -0.25) is 19.2 Å². The molecule has 0 unspecified atom stereocenters. The quantitative estimate of drug-likeness (QED) is 0.447. The van der Waals surface area contributed by atoms with Crippen molar-refractivity contribution >= 4 is 23.6 Å². The zero-order valence-corrected chi connectivity index (χ0v) is 22.3. The summed E-state index contributed by atoms with van der Waals surface area (Å²) < 4.78 is 19.1. The van der Waals surface area contributed by atoms with Crippen molar-refractivity contribution in [1.29, 1.82) is 0 Å². The van der Waals surface area contributed by atoms with Crippen molar-refractivity contribution in [3.8, 4) is 5.75 Å². The maximum Gasteiger partial charge on any atom is 0.255 e. The van der Waals surface area contributed by atoms with Crippen LogP contribution in [0, 0.1) is 5.82 Å². The van der Waals surface area contributed by atoms with Crippen LogP contribution in [0.3, 0.4) is 0 Å². The molecular weight excluding hydrogens is 507 g/mol. The molecule has 0 saturated heterocycles. The maximum atomic E-state index is 13.4. The zero-order valence-electron chi connectivity index (χ0n) is 22.3.